The lowest BCUT2D eigenvalue weighted by atomic mass is 10.1. The first-order valence-electron chi connectivity index (χ1n) is 7.71. The van der Waals surface area contributed by atoms with E-state index >= 15 is 0 Å². The highest BCUT2D eigenvalue weighted by Gasteiger charge is 2.15. The van der Waals surface area contributed by atoms with E-state index < -0.39 is 5.91 Å². The van der Waals surface area contributed by atoms with E-state index in [0.29, 0.717) is 12.1 Å². The van der Waals surface area contributed by atoms with Crippen molar-refractivity contribution in [3.8, 4) is 0 Å². The molecule has 7 nitrogen and oxygen atoms in total. The highest BCUT2D eigenvalue weighted by Crippen LogP contribution is 2.08. The van der Waals surface area contributed by atoms with Gasteiger partial charge in [0.2, 0.25) is 5.91 Å². The molecular formula is C16H23N5O2. The standard InChI is InChI=1S/C16H23N5O2/c1-18-16(21-8-2-3-9-21)20-10-12-4-6-13(7-5-12)15(23)19-11-14(17)22/h4-7H,2-3,8-11H2,1H3,(H2,17,22)(H,18,20)(H,19,23). The fourth-order valence-electron chi connectivity index (χ4n) is 2.49. The molecule has 1 fully saturated rings. The minimum atomic E-state index is -0.563. The first-order chi connectivity index (χ1) is 11.1. The number of carbonyl (C=O) groups excluding carboxylic acids is 2. The molecule has 1 heterocycles. The third kappa shape index (κ3) is 4.98. The second-order valence-corrected chi connectivity index (χ2v) is 5.44. The summed E-state index contributed by atoms with van der Waals surface area (Å²) in [5, 5.41) is 5.79. The molecule has 2 rings (SSSR count). The predicted molar refractivity (Wildman–Crippen MR) is 89.0 cm³/mol. The van der Waals surface area contributed by atoms with Crippen molar-refractivity contribution in [2.24, 2.45) is 10.7 Å². The monoisotopic (exact) mass is 317 g/mol. The van der Waals surface area contributed by atoms with Crippen molar-refractivity contribution >= 4 is 17.8 Å². The minimum absolute atomic E-state index is 0.158. The van der Waals surface area contributed by atoms with Gasteiger partial charge in [-0.25, -0.2) is 0 Å². The molecule has 0 bridgehead atoms. The number of rotatable bonds is 5. The summed E-state index contributed by atoms with van der Waals surface area (Å²) in [6.45, 7) is 2.57. The molecule has 23 heavy (non-hydrogen) atoms. The van der Waals surface area contributed by atoms with Crippen LogP contribution in [0.25, 0.3) is 0 Å². The molecule has 124 valence electrons. The SMILES string of the molecule is CN=C(NCc1ccc(C(=O)NCC(N)=O)cc1)N1CCCC1. The normalized spacial score (nSPS) is 14.7. The van der Waals surface area contributed by atoms with Crippen LogP contribution in [0.2, 0.25) is 0 Å². The molecular weight excluding hydrogens is 294 g/mol. The van der Waals surface area contributed by atoms with Crippen molar-refractivity contribution in [1.82, 2.24) is 15.5 Å². The van der Waals surface area contributed by atoms with E-state index in [4.69, 9.17) is 5.73 Å². The van der Waals surface area contributed by atoms with Gasteiger partial charge < -0.3 is 21.3 Å². The van der Waals surface area contributed by atoms with Gasteiger partial charge in [-0.05, 0) is 30.5 Å². The number of benzene rings is 1. The Morgan fingerprint density at radius 2 is 1.83 bits per heavy atom. The summed E-state index contributed by atoms with van der Waals surface area (Å²) in [4.78, 5) is 29.0. The van der Waals surface area contributed by atoms with Crippen molar-refractivity contribution in [2.75, 3.05) is 26.7 Å². The summed E-state index contributed by atoms with van der Waals surface area (Å²) >= 11 is 0. The second-order valence-electron chi connectivity index (χ2n) is 5.44. The maximum absolute atomic E-state index is 11.8. The van der Waals surface area contributed by atoms with Crippen LogP contribution >= 0.6 is 0 Å². The number of hydrogen-bond donors (Lipinski definition) is 3. The van der Waals surface area contributed by atoms with Crippen LogP contribution in [0.15, 0.2) is 29.3 Å². The van der Waals surface area contributed by atoms with Gasteiger partial charge in [0.05, 0.1) is 6.54 Å². The van der Waals surface area contributed by atoms with Gasteiger partial charge in [0.1, 0.15) is 0 Å². The molecule has 7 heteroatoms. The van der Waals surface area contributed by atoms with Gasteiger partial charge in [-0.1, -0.05) is 12.1 Å². The smallest absolute Gasteiger partial charge is 0.251 e. The van der Waals surface area contributed by atoms with Crippen molar-refractivity contribution < 1.29 is 9.59 Å². The fraction of sp³-hybridized carbons (Fsp3) is 0.438. The largest absolute Gasteiger partial charge is 0.368 e. The highest BCUT2D eigenvalue weighted by atomic mass is 16.2. The predicted octanol–water partition coefficient (Wildman–Crippen LogP) is 0.0729. The van der Waals surface area contributed by atoms with E-state index in [-0.39, 0.29) is 12.5 Å². The Hall–Kier alpha value is -2.57. The van der Waals surface area contributed by atoms with Crippen molar-refractivity contribution in [3.63, 3.8) is 0 Å². The maximum atomic E-state index is 11.8. The van der Waals surface area contributed by atoms with Crippen molar-refractivity contribution in [2.45, 2.75) is 19.4 Å². The second kappa shape index (κ2) is 8.17. The number of likely N-dealkylation sites (tertiary alicyclic amines) is 1. The number of primary amides is 1. The first kappa shape index (κ1) is 16.8. The molecule has 2 amide bonds. The van der Waals surface area contributed by atoms with Gasteiger partial charge in [0.25, 0.3) is 5.91 Å². The Morgan fingerprint density at radius 1 is 1.17 bits per heavy atom. The van der Waals surface area contributed by atoms with Crippen molar-refractivity contribution in [3.05, 3.63) is 35.4 Å². The van der Waals surface area contributed by atoms with Gasteiger partial charge in [-0.15, -0.1) is 0 Å². The highest BCUT2D eigenvalue weighted by molar-refractivity contribution is 5.96. The van der Waals surface area contributed by atoms with Gasteiger partial charge in [-0.2, -0.15) is 0 Å². The number of guanidine groups is 1. The molecule has 4 N–H and O–H groups in total. The number of nitrogens with one attached hydrogen (secondary N) is 2. The van der Waals surface area contributed by atoms with Crippen LogP contribution in [-0.2, 0) is 11.3 Å². The Labute approximate surface area is 135 Å². The third-order valence-electron chi connectivity index (χ3n) is 3.71. The first-order valence-corrected chi connectivity index (χ1v) is 7.71. The lowest BCUT2D eigenvalue weighted by molar-refractivity contribution is -0.117. The molecule has 0 spiro atoms. The number of nitrogens with two attached hydrogens (primary N) is 1. The van der Waals surface area contributed by atoms with Crippen molar-refractivity contribution in [1.29, 1.82) is 0 Å². The van der Waals surface area contributed by atoms with E-state index in [9.17, 15) is 9.59 Å². The molecule has 0 aliphatic carbocycles. The van der Waals surface area contributed by atoms with E-state index in [0.717, 1.165) is 24.6 Å². The molecule has 0 atom stereocenters. The lowest BCUT2D eigenvalue weighted by Gasteiger charge is -2.20. The van der Waals surface area contributed by atoms with Gasteiger partial charge in [-0.3, -0.25) is 14.6 Å². The quantitative estimate of drug-likeness (QED) is 0.528. The summed E-state index contributed by atoms with van der Waals surface area (Å²) in [5.41, 5.74) is 6.55. The molecule has 0 aromatic heterocycles. The fourth-order valence-corrected chi connectivity index (χ4v) is 2.49. The van der Waals surface area contributed by atoms with Gasteiger partial charge in [0, 0.05) is 32.2 Å². The Morgan fingerprint density at radius 3 is 2.39 bits per heavy atom. The number of carbonyl (C=O) groups is 2. The average Bonchev–Trinajstić information content (AvgIpc) is 3.08. The lowest BCUT2D eigenvalue weighted by Crippen LogP contribution is -2.39. The minimum Gasteiger partial charge on any atom is -0.368 e. The van der Waals surface area contributed by atoms with E-state index in [2.05, 4.69) is 20.5 Å². The molecule has 0 unspecified atom stereocenters. The molecule has 1 aromatic carbocycles. The number of nitrogens with zero attached hydrogens (tertiary/aromatic N) is 2. The van der Waals surface area contributed by atoms with Crippen LogP contribution in [0.1, 0.15) is 28.8 Å². The zero-order chi connectivity index (χ0) is 16.7. The molecule has 1 aliphatic rings. The zero-order valence-corrected chi connectivity index (χ0v) is 13.3. The van der Waals surface area contributed by atoms with Crippen LogP contribution < -0.4 is 16.4 Å². The van der Waals surface area contributed by atoms with Crippen LogP contribution in [0, 0.1) is 0 Å². The summed E-state index contributed by atoms with van der Waals surface area (Å²) in [6.07, 6.45) is 2.41. The Balaban J connectivity index is 1.87. The van der Waals surface area contributed by atoms with Gasteiger partial charge in [0.15, 0.2) is 5.96 Å². The van der Waals surface area contributed by atoms with Crippen LogP contribution in [0.5, 0.6) is 0 Å². The number of hydrogen-bond acceptors (Lipinski definition) is 3. The Kier molecular flexibility index (Phi) is 5.96. The number of amides is 2. The van der Waals surface area contributed by atoms with Crippen LogP contribution in [-0.4, -0.2) is 49.4 Å². The molecule has 1 saturated heterocycles. The summed E-state index contributed by atoms with van der Waals surface area (Å²) in [7, 11) is 1.78. The maximum Gasteiger partial charge on any atom is 0.251 e. The van der Waals surface area contributed by atoms with Crippen LogP contribution in [0.4, 0.5) is 0 Å². The van der Waals surface area contributed by atoms with Crippen LogP contribution in [0.3, 0.4) is 0 Å². The molecule has 1 aromatic rings. The average molecular weight is 317 g/mol. The third-order valence-corrected chi connectivity index (χ3v) is 3.71. The van der Waals surface area contributed by atoms with E-state index in [1.165, 1.54) is 12.8 Å². The number of aliphatic imine (C=N–C) groups is 1. The van der Waals surface area contributed by atoms with E-state index in [1.807, 2.05) is 12.1 Å². The molecule has 1 aliphatic heterocycles. The summed E-state index contributed by atoms with van der Waals surface area (Å²) in [6, 6.07) is 7.21. The molecule has 0 saturated carbocycles. The topological polar surface area (TPSA) is 99.8 Å². The summed E-state index contributed by atoms with van der Waals surface area (Å²) < 4.78 is 0. The molecule has 0 radical (unpaired) electrons. The zero-order valence-electron chi connectivity index (χ0n) is 13.3. The summed E-state index contributed by atoms with van der Waals surface area (Å²) in [5.74, 6) is 0.0365. The van der Waals surface area contributed by atoms with Gasteiger partial charge >= 0.3 is 0 Å². The van der Waals surface area contributed by atoms with E-state index in [1.54, 1.807) is 19.2 Å². The Bertz CT molecular complexity index is 577.